The summed E-state index contributed by atoms with van der Waals surface area (Å²) in [4.78, 5) is 11.7. The Morgan fingerprint density at radius 2 is 1.61 bits per heavy atom. The molecular weight excluding hydrogens is 314 g/mol. The van der Waals surface area contributed by atoms with Gasteiger partial charge in [-0.25, -0.2) is 18.2 Å². The molecule has 0 fully saturated rings. The van der Waals surface area contributed by atoms with Crippen LogP contribution in [0.2, 0.25) is 0 Å². The fraction of sp³-hybridized carbons (Fsp3) is 0. The van der Waals surface area contributed by atoms with Gasteiger partial charge >= 0.3 is 0 Å². The van der Waals surface area contributed by atoms with Crippen molar-refractivity contribution in [3.05, 3.63) is 77.1 Å². The van der Waals surface area contributed by atoms with Crippen LogP contribution in [0.3, 0.4) is 0 Å². The molecule has 0 spiro atoms. The number of hydrogen-bond donors (Lipinski definition) is 1. The number of benzene rings is 2. The molecule has 0 radical (unpaired) electrons. The summed E-state index contributed by atoms with van der Waals surface area (Å²) in [6, 6.07) is 16.8. The highest BCUT2D eigenvalue weighted by atomic mass is 32.2. The van der Waals surface area contributed by atoms with Crippen molar-refractivity contribution < 1.29 is 8.42 Å². The molecule has 116 valence electrons. The predicted molar refractivity (Wildman–Crippen MR) is 86.6 cm³/mol. The highest BCUT2D eigenvalue weighted by Gasteiger charge is 2.10. The molecule has 7 heteroatoms. The minimum Gasteiger partial charge on any atom is -0.288 e. The van der Waals surface area contributed by atoms with Crippen LogP contribution in [0.5, 0.6) is 0 Å². The van der Waals surface area contributed by atoms with Crippen molar-refractivity contribution in [1.29, 1.82) is 0 Å². The molecule has 1 heterocycles. The maximum Gasteiger partial charge on any atom is 0.238 e. The van der Waals surface area contributed by atoms with Crippen molar-refractivity contribution in [1.82, 2.24) is 9.78 Å². The summed E-state index contributed by atoms with van der Waals surface area (Å²) in [5, 5.41) is 9.23. The van der Waals surface area contributed by atoms with E-state index in [1.165, 1.54) is 24.4 Å². The molecule has 1 aromatic heterocycles. The fourth-order valence-corrected chi connectivity index (χ4v) is 2.72. The lowest BCUT2D eigenvalue weighted by Gasteiger charge is -2.12. The van der Waals surface area contributed by atoms with Gasteiger partial charge in [0.15, 0.2) is 0 Å². The Bertz CT molecular complexity index is 995. The van der Waals surface area contributed by atoms with Gasteiger partial charge in [0, 0.05) is 11.6 Å². The minimum atomic E-state index is -3.75. The summed E-state index contributed by atoms with van der Waals surface area (Å²) in [5.41, 5.74) is 1.85. The van der Waals surface area contributed by atoms with Gasteiger partial charge in [0.2, 0.25) is 15.5 Å². The molecule has 0 unspecified atom stereocenters. The Balaban J connectivity index is 2.16. The molecule has 0 bridgehead atoms. The molecule has 0 saturated carbocycles. The topological polar surface area (TPSA) is 95.1 Å². The first-order valence-corrected chi connectivity index (χ1v) is 8.28. The summed E-state index contributed by atoms with van der Waals surface area (Å²) in [6.07, 6.45) is 1.21. The smallest absolute Gasteiger partial charge is 0.238 e. The molecule has 23 heavy (non-hydrogen) atoms. The second-order valence-electron chi connectivity index (χ2n) is 4.89. The normalized spacial score (nSPS) is 11.3. The lowest BCUT2D eigenvalue weighted by molar-refractivity contribution is 0.598. The largest absolute Gasteiger partial charge is 0.288 e. The van der Waals surface area contributed by atoms with E-state index in [1.54, 1.807) is 16.8 Å². The van der Waals surface area contributed by atoms with Crippen molar-refractivity contribution in [3.8, 4) is 16.9 Å². The zero-order valence-corrected chi connectivity index (χ0v) is 12.8. The molecule has 3 rings (SSSR count). The number of nitrogens with zero attached hydrogens (tertiary/aromatic N) is 2. The van der Waals surface area contributed by atoms with E-state index in [1.807, 2.05) is 30.3 Å². The summed E-state index contributed by atoms with van der Waals surface area (Å²) >= 11 is 0. The van der Waals surface area contributed by atoms with Crippen molar-refractivity contribution >= 4 is 10.0 Å². The number of primary sulfonamides is 1. The third-order valence-electron chi connectivity index (χ3n) is 3.29. The molecule has 0 aliphatic heterocycles. The van der Waals surface area contributed by atoms with Crippen LogP contribution >= 0.6 is 0 Å². The molecule has 2 aromatic carbocycles. The van der Waals surface area contributed by atoms with Crippen LogP contribution in [0.1, 0.15) is 0 Å². The average Bonchev–Trinajstić information content (AvgIpc) is 2.55. The SMILES string of the molecule is NS(=O)(=O)c1ccc(-n2ncc(=O)cc2-c2ccccc2)cc1. The second kappa shape index (κ2) is 5.79. The number of nitrogens with two attached hydrogens (primary N) is 1. The van der Waals surface area contributed by atoms with Gasteiger partial charge in [-0.2, -0.15) is 5.10 Å². The molecule has 3 aromatic rings. The Hall–Kier alpha value is -2.77. The quantitative estimate of drug-likeness (QED) is 0.789. The Morgan fingerprint density at radius 3 is 2.22 bits per heavy atom. The molecule has 0 amide bonds. The maximum absolute atomic E-state index is 11.7. The van der Waals surface area contributed by atoms with E-state index < -0.39 is 10.0 Å². The zero-order chi connectivity index (χ0) is 16.4. The summed E-state index contributed by atoms with van der Waals surface area (Å²) < 4.78 is 24.2. The van der Waals surface area contributed by atoms with Gasteiger partial charge in [-0.1, -0.05) is 30.3 Å². The van der Waals surface area contributed by atoms with Gasteiger partial charge in [0.05, 0.1) is 22.5 Å². The predicted octanol–water partition coefficient (Wildman–Crippen LogP) is 1.55. The first-order valence-electron chi connectivity index (χ1n) is 6.73. The third kappa shape index (κ3) is 3.20. The monoisotopic (exact) mass is 327 g/mol. The Morgan fingerprint density at radius 1 is 0.957 bits per heavy atom. The summed E-state index contributed by atoms with van der Waals surface area (Å²) in [6.45, 7) is 0. The fourth-order valence-electron chi connectivity index (χ4n) is 2.21. The van der Waals surface area contributed by atoms with Crippen molar-refractivity contribution in [3.63, 3.8) is 0 Å². The van der Waals surface area contributed by atoms with Gasteiger partial charge in [-0.3, -0.25) is 4.79 Å². The van der Waals surface area contributed by atoms with E-state index in [0.29, 0.717) is 11.4 Å². The van der Waals surface area contributed by atoms with Crippen molar-refractivity contribution in [2.45, 2.75) is 4.90 Å². The van der Waals surface area contributed by atoms with Gasteiger partial charge in [-0.05, 0) is 24.3 Å². The van der Waals surface area contributed by atoms with Crippen molar-refractivity contribution in [2.75, 3.05) is 0 Å². The lowest BCUT2D eigenvalue weighted by atomic mass is 10.1. The Labute approximate surface area is 132 Å². The van der Waals surface area contributed by atoms with E-state index >= 15 is 0 Å². The lowest BCUT2D eigenvalue weighted by Crippen LogP contribution is -2.13. The maximum atomic E-state index is 11.7. The molecule has 0 aliphatic carbocycles. The molecule has 0 saturated heterocycles. The van der Waals surface area contributed by atoms with Crippen LogP contribution in [0, 0.1) is 0 Å². The van der Waals surface area contributed by atoms with E-state index in [9.17, 15) is 13.2 Å². The van der Waals surface area contributed by atoms with Crippen LogP contribution < -0.4 is 10.6 Å². The summed E-state index contributed by atoms with van der Waals surface area (Å²) in [7, 11) is -3.75. The second-order valence-corrected chi connectivity index (χ2v) is 6.45. The minimum absolute atomic E-state index is 0.0172. The first kappa shape index (κ1) is 15.1. The van der Waals surface area contributed by atoms with Crippen LogP contribution in [0.15, 0.2) is 76.6 Å². The van der Waals surface area contributed by atoms with E-state index in [2.05, 4.69) is 5.10 Å². The number of aromatic nitrogens is 2. The third-order valence-corrected chi connectivity index (χ3v) is 4.22. The first-order chi connectivity index (χ1) is 10.9. The van der Waals surface area contributed by atoms with Crippen LogP contribution in [-0.2, 0) is 10.0 Å². The number of hydrogen-bond acceptors (Lipinski definition) is 4. The molecular formula is C16H13N3O3S. The highest BCUT2D eigenvalue weighted by Crippen LogP contribution is 2.21. The van der Waals surface area contributed by atoms with Gasteiger partial charge in [0.25, 0.3) is 0 Å². The van der Waals surface area contributed by atoms with Gasteiger partial charge in [-0.15, -0.1) is 0 Å². The standard InChI is InChI=1S/C16H13N3O3S/c17-23(21,22)15-8-6-13(7-9-15)19-16(10-14(20)11-18-19)12-4-2-1-3-5-12/h1-11H,(H2,17,21,22). The number of rotatable bonds is 3. The van der Waals surface area contributed by atoms with Gasteiger partial charge < -0.3 is 0 Å². The highest BCUT2D eigenvalue weighted by molar-refractivity contribution is 7.89. The number of sulfonamides is 1. The van der Waals surface area contributed by atoms with Crippen LogP contribution in [-0.4, -0.2) is 18.2 Å². The molecule has 2 N–H and O–H groups in total. The van der Waals surface area contributed by atoms with E-state index in [-0.39, 0.29) is 10.3 Å². The molecule has 0 aliphatic rings. The molecule has 6 nitrogen and oxygen atoms in total. The van der Waals surface area contributed by atoms with E-state index in [4.69, 9.17) is 5.14 Å². The average molecular weight is 327 g/mol. The van der Waals surface area contributed by atoms with E-state index in [0.717, 1.165) is 5.56 Å². The Kier molecular flexibility index (Phi) is 3.81. The van der Waals surface area contributed by atoms with Gasteiger partial charge in [0.1, 0.15) is 0 Å². The van der Waals surface area contributed by atoms with Crippen LogP contribution in [0.25, 0.3) is 16.9 Å². The van der Waals surface area contributed by atoms with Crippen LogP contribution in [0.4, 0.5) is 0 Å². The van der Waals surface area contributed by atoms with Crippen molar-refractivity contribution in [2.24, 2.45) is 5.14 Å². The molecule has 0 atom stereocenters. The zero-order valence-electron chi connectivity index (χ0n) is 12.0. The summed E-state index contributed by atoms with van der Waals surface area (Å²) in [5.74, 6) is 0.